The molecule has 0 bridgehead atoms. The standard InChI is InChI=1S/C21H19BrClN7O4/c1-9(2)25-21(33)15-16-10(18(22)28-27-16)7-13(34-3)17(15)26-20(32)12-8-14(31)29-30(12)19-11(23)5-4-6-24-19/h4-9H,1-3H3,(H,25,33)(H,26,32)(H,27,28)(H,29,31). The fourth-order valence-corrected chi connectivity index (χ4v) is 3.98. The van der Waals surface area contributed by atoms with Crippen LogP contribution in [0.3, 0.4) is 0 Å². The van der Waals surface area contributed by atoms with Crippen molar-refractivity contribution in [3.05, 3.63) is 61.7 Å². The fraction of sp³-hybridized carbons (Fsp3) is 0.190. The van der Waals surface area contributed by atoms with E-state index in [4.69, 9.17) is 16.3 Å². The molecule has 0 saturated carbocycles. The summed E-state index contributed by atoms with van der Waals surface area (Å²) in [5.41, 5.74) is -0.113. The minimum absolute atomic E-state index is 0.0776. The Morgan fingerprint density at radius 3 is 2.71 bits per heavy atom. The zero-order valence-corrected chi connectivity index (χ0v) is 20.5. The number of fused-ring (bicyclic) bond motifs is 1. The Kier molecular flexibility index (Phi) is 6.44. The number of pyridine rings is 1. The molecule has 176 valence electrons. The van der Waals surface area contributed by atoms with Crippen molar-refractivity contribution in [1.29, 1.82) is 0 Å². The van der Waals surface area contributed by atoms with Crippen molar-refractivity contribution in [1.82, 2.24) is 30.3 Å². The number of nitrogens with zero attached hydrogens (tertiary/aromatic N) is 3. The SMILES string of the molecule is COc1cc2c(Br)[nH]nc2c(C(=O)NC(C)C)c1NC(=O)c1cc(=O)[nH]n1-c1ncccc1Cl. The second-order valence-electron chi connectivity index (χ2n) is 7.49. The number of ether oxygens (including phenoxy) is 1. The summed E-state index contributed by atoms with van der Waals surface area (Å²) in [4.78, 5) is 42.8. The van der Waals surface area contributed by atoms with Gasteiger partial charge in [-0.1, -0.05) is 11.6 Å². The molecular formula is C21H19BrClN7O4. The maximum Gasteiger partial charge on any atom is 0.274 e. The molecule has 0 atom stereocenters. The van der Waals surface area contributed by atoms with Crippen molar-refractivity contribution < 1.29 is 14.3 Å². The van der Waals surface area contributed by atoms with E-state index in [9.17, 15) is 14.4 Å². The predicted octanol–water partition coefficient (Wildman–Crippen LogP) is 3.25. The number of carbonyl (C=O) groups is 2. The molecule has 2 amide bonds. The normalized spacial score (nSPS) is 11.1. The summed E-state index contributed by atoms with van der Waals surface area (Å²) in [6.07, 6.45) is 1.47. The third kappa shape index (κ3) is 4.29. The number of methoxy groups -OCH3 is 1. The number of aromatic nitrogens is 5. The van der Waals surface area contributed by atoms with Gasteiger partial charge >= 0.3 is 0 Å². The van der Waals surface area contributed by atoms with E-state index >= 15 is 0 Å². The van der Waals surface area contributed by atoms with Gasteiger partial charge in [0.2, 0.25) is 0 Å². The van der Waals surface area contributed by atoms with E-state index in [2.05, 4.69) is 46.8 Å². The molecule has 3 heterocycles. The molecule has 0 aliphatic heterocycles. The highest BCUT2D eigenvalue weighted by atomic mass is 79.9. The van der Waals surface area contributed by atoms with Crippen molar-refractivity contribution in [2.45, 2.75) is 19.9 Å². The van der Waals surface area contributed by atoms with Crippen LogP contribution in [0.15, 0.2) is 39.9 Å². The van der Waals surface area contributed by atoms with Gasteiger partial charge in [-0.25, -0.2) is 9.67 Å². The smallest absolute Gasteiger partial charge is 0.274 e. The van der Waals surface area contributed by atoms with Crippen LogP contribution in [-0.4, -0.2) is 49.9 Å². The van der Waals surface area contributed by atoms with Crippen LogP contribution in [0.2, 0.25) is 5.02 Å². The highest BCUT2D eigenvalue weighted by Crippen LogP contribution is 2.37. The Bertz CT molecular complexity index is 1470. The second kappa shape index (κ2) is 9.31. The molecule has 0 fully saturated rings. The predicted molar refractivity (Wildman–Crippen MR) is 130 cm³/mol. The van der Waals surface area contributed by atoms with E-state index in [0.29, 0.717) is 15.5 Å². The summed E-state index contributed by atoms with van der Waals surface area (Å²) in [5.74, 6) is -0.789. The Morgan fingerprint density at radius 1 is 1.26 bits per heavy atom. The molecule has 4 rings (SSSR count). The monoisotopic (exact) mass is 547 g/mol. The molecule has 0 aliphatic carbocycles. The number of rotatable bonds is 6. The van der Waals surface area contributed by atoms with Crippen molar-refractivity contribution in [3.63, 3.8) is 0 Å². The van der Waals surface area contributed by atoms with Crippen molar-refractivity contribution in [2.24, 2.45) is 0 Å². The van der Waals surface area contributed by atoms with Gasteiger partial charge in [-0.2, -0.15) is 5.10 Å². The average molecular weight is 549 g/mol. The van der Waals surface area contributed by atoms with E-state index < -0.39 is 17.4 Å². The fourth-order valence-electron chi connectivity index (χ4n) is 3.38. The lowest BCUT2D eigenvalue weighted by Gasteiger charge is -2.17. The molecule has 0 aliphatic rings. The lowest BCUT2D eigenvalue weighted by molar-refractivity contribution is 0.0945. The van der Waals surface area contributed by atoms with E-state index in [-0.39, 0.29) is 39.6 Å². The van der Waals surface area contributed by atoms with Gasteiger partial charge in [-0.15, -0.1) is 0 Å². The van der Waals surface area contributed by atoms with Gasteiger partial charge in [0.15, 0.2) is 5.82 Å². The first kappa shape index (κ1) is 23.5. The van der Waals surface area contributed by atoms with Crippen LogP contribution >= 0.6 is 27.5 Å². The molecule has 0 unspecified atom stereocenters. The van der Waals surface area contributed by atoms with Crippen molar-refractivity contribution >= 4 is 55.9 Å². The van der Waals surface area contributed by atoms with Gasteiger partial charge in [0.1, 0.15) is 21.6 Å². The summed E-state index contributed by atoms with van der Waals surface area (Å²) in [5, 5.41) is 15.8. The van der Waals surface area contributed by atoms with Gasteiger partial charge in [-0.05, 0) is 48.0 Å². The molecule has 1 aromatic carbocycles. The third-order valence-electron chi connectivity index (χ3n) is 4.79. The van der Waals surface area contributed by atoms with Gasteiger partial charge in [0.05, 0.1) is 23.4 Å². The molecule has 0 saturated heterocycles. The largest absolute Gasteiger partial charge is 0.495 e. The van der Waals surface area contributed by atoms with E-state index in [1.165, 1.54) is 18.0 Å². The second-order valence-corrected chi connectivity index (χ2v) is 8.69. The number of halogens is 2. The number of carbonyl (C=O) groups excluding carboxylic acids is 2. The molecule has 11 nitrogen and oxygen atoms in total. The number of H-pyrrole nitrogens is 2. The molecule has 4 aromatic rings. The average Bonchev–Trinajstić information content (AvgIpc) is 3.35. The Morgan fingerprint density at radius 2 is 2.03 bits per heavy atom. The highest BCUT2D eigenvalue weighted by Gasteiger charge is 2.27. The summed E-state index contributed by atoms with van der Waals surface area (Å²) >= 11 is 9.58. The first-order valence-electron chi connectivity index (χ1n) is 10.0. The summed E-state index contributed by atoms with van der Waals surface area (Å²) in [6.45, 7) is 3.62. The summed E-state index contributed by atoms with van der Waals surface area (Å²) < 4.78 is 7.20. The van der Waals surface area contributed by atoms with Crippen LogP contribution in [-0.2, 0) is 0 Å². The maximum atomic E-state index is 13.4. The number of anilines is 1. The number of hydrogen-bond donors (Lipinski definition) is 4. The Hall–Kier alpha value is -3.64. The van der Waals surface area contributed by atoms with Gasteiger partial charge in [-0.3, -0.25) is 24.6 Å². The number of nitrogens with one attached hydrogen (secondary N) is 4. The Balaban J connectivity index is 1.86. The molecule has 0 spiro atoms. The topological polar surface area (TPSA) is 147 Å². The van der Waals surface area contributed by atoms with Crippen LogP contribution in [0.4, 0.5) is 5.69 Å². The zero-order chi connectivity index (χ0) is 24.6. The molecule has 3 aromatic heterocycles. The minimum Gasteiger partial charge on any atom is -0.495 e. The highest BCUT2D eigenvalue weighted by molar-refractivity contribution is 9.10. The number of benzene rings is 1. The molecule has 0 radical (unpaired) electrons. The van der Waals surface area contributed by atoms with Crippen LogP contribution in [0.1, 0.15) is 34.7 Å². The lowest BCUT2D eigenvalue weighted by atomic mass is 10.1. The molecule has 4 N–H and O–H groups in total. The van der Waals surface area contributed by atoms with E-state index in [1.807, 2.05) is 13.8 Å². The van der Waals surface area contributed by atoms with Crippen LogP contribution in [0.5, 0.6) is 5.75 Å². The number of hydrogen-bond acceptors (Lipinski definition) is 6. The lowest BCUT2D eigenvalue weighted by Crippen LogP contribution is -2.31. The van der Waals surface area contributed by atoms with E-state index in [0.717, 1.165) is 6.07 Å². The molecular weight excluding hydrogens is 530 g/mol. The van der Waals surface area contributed by atoms with Gasteiger partial charge in [0, 0.05) is 23.7 Å². The summed E-state index contributed by atoms with van der Waals surface area (Å²) in [6, 6.07) is 5.75. The quantitative estimate of drug-likeness (QED) is 0.291. The van der Waals surface area contributed by atoms with Gasteiger partial charge in [0.25, 0.3) is 17.4 Å². The van der Waals surface area contributed by atoms with Crippen LogP contribution in [0.25, 0.3) is 16.7 Å². The van der Waals surface area contributed by atoms with Gasteiger partial charge < -0.3 is 15.4 Å². The van der Waals surface area contributed by atoms with Crippen molar-refractivity contribution in [2.75, 3.05) is 12.4 Å². The maximum absolute atomic E-state index is 13.4. The number of aromatic amines is 2. The zero-order valence-electron chi connectivity index (χ0n) is 18.2. The molecule has 34 heavy (non-hydrogen) atoms. The van der Waals surface area contributed by atoms with Crippen LogP contribution < -0.4 is 20.9 Å². The first-order chi connectivity index (χ1) is 16.2. The van der Waals surface area contributed by atoms with E-state index in [1.54, 1.807) is 18.2 Å². The molecule has 13 heteroatoms. The third-order valence-corrected chi connectivity index (χ3v) is 5.69. The van der Waals surface area contributed by atoms with Crippen molar-refractivity contribution in [3.8, 4) is 11.6 Å². The summed E-state index contributed by atoms with van der Waals surface area (Å²) in [7, 11) is 1.41. The Labute approximate surface area is 206 Å². The first-order valence-corrected chi connectivity index (χ1v) is 11.2. The van der Waals surface area contributed by atoms with Crippen LogP contribution in [0, 0.1) is 0 Å². The minimum atomic E-state index is -0.703. The number of amides is 2.